The maximum Gasteiger partial charge on any atom is 0.340 e. The first-order valence-electron chi connectivity index (χ1n) is 9.29. The van der Waals surface area contributed by atoms with Crippen LogP contribution in [0.4, 0.5) is 5.69 Å². The van der Waals surface area contributed by atoms with Gasteiger partial charge in [-0.25, -0.2) is 4.79 Å². The van der Waals surface area contributed by atoms with Gasteiger partial charge in [0.1, 0.15) is 0 Å². The Bertz CT molecular complexity index is 1120. The maximum atomic E-state index is 12.6. The van der Waals surface area contributed by atoms with Gasteiger partial charge in [0.15, 0.2) is 6.61 Å². The number of ether oxygens (including phenoxy) is 1. The van der Waals surface area contributed by atoms with Crippen molar-refractivity contribution < 1.29 is 19.1 Å². The fourth-order valence-corrected chi connectivity index (χ4v) is 3.39. The van der Waals surface area contributed by atoms with E-state index in [0.29, 0.717) is 21.3 Å². The van der Waals surface area contributed by atoms with Crippen molar-refractivity contribution in [3.8, 4) is 0 Å². The topological polar surface area (TPSA) is 72.5 Å². The number of anilines is 1. The highest BCUT2D eigenvalue weighted by atomic mass is 79.9. The molecule has 152 valence electrons. The van der Waals surface area contributed by atoms with Gasteiger partial charge in [-0.15, -0.1) is 0 Å². The van der Waals surface area contributed by atoms with Crippen molar-refractivity contribution in [1.82, 2.24) is 0 Å². The number of nitrogens with one attached hydrogen (secondary N) is 1. The number of ketones is 1. The van der Waals surface area contributed by atoms with Crippen LogP contribution < -0.4 is 5.32 Å². The Morgan fingerprint density at radius 3 is 2.27 bits per heavy atom. The predicted octanol–water partition coefficient (Wildman–Crippen LogP) is 5.36. The minimum Gasteiger partial charge on any atom is -0.454 e. The van der Waals surface area contributed by atoms with E-state index in [9.17, 15) is 14.4 Å². The second kappa shape index (κ2) is 9.50. The fraction of sp³-hybridized carbons (Fsp3) is 0.125. The molecule has 0 saturated carbocycles. The van der Waals surface area contributed by atoms with Crippen molar-refractivity contribution in [3.05, 3.63) is 99.0 Å². The molecule has 3 aromatic rings. The third-order valence-corrected chi connectivity index (χ3v) is 5.23. The van der Waals surface area contributed by atoms with Gasteiger partial charge in [-0.1, -0.05) is 42.0 Å². The van der Waals surface area contributed by atoms with Crippen LogP contribution in [0.3, 0.4) is 0 Å². The molecule has 0 fully saturated rings. The normalized spacial score (nSPS) is 10.4. The summed E-state index contributed by atoms with van der Waals surface area (Å²) in [4.78, 5) is 37.7. The lowest BCUT2D eigenvalue weighted by molar-refractivity contribution is 0.0475. The first-order chi connectivity index (χ1) is 14.4. The highest BCUT2D eigenvalue weighted by molar-refractivity contribution is 9.10. The zero-order chi connectivity index (χ0) is 21.7. The first-order valence-corrected chi connectivity index (χ1v) is 10.1. The van der Waals surface area contributed by atoms with Crippen LogP contribution in [-0.4, -0.2) is 24.3 Å². The number of hydrogen-bond donors (Lipinski definition) is 1. The van der Waals surface area contributed by atoms with E-state index < -0.39 is 5.97 Å². The number of amides is 1. The van der Waals surface area contributed by atoms with Gasteiger partial charge in [-0.3, -0.25) is 9.59 Å². The number of rotatable bonds is 6. The molecule has 0 spiro atoms. The molecule has 3 aromatic carbocycles. The van der Waals surface area contributed by atoms with Crippen LogP contribution >= 0.6 is 15.9 Å². The van der Waals surface area contributed by atoms with Crippen LogP contribution in [-0.2, 0) is 4.74 Å². The minimum atomic E-state index is -0.684. The molecule has 0 unspecified atom stereocenters. The average molecular weight is 466 g/mol. The molecule has 0 aliphatic rings. The van der Waals surface area contributed by atoms with Crippen LogP contribution in [0.15, 0.2) is 71.2 Å². The number of carbonyl (C=O) groups excluding carboxylic acids is 3. The van der Waals surface area contributed by atoms with Gasteiger partial charge < -0.3 is 10.1 Å². The number of halogens is 1. The Morgan fingerprint density at radius 1 is 0.867 bits per heavy atom. The molecule has 30 heavy (non-hydrogen) atoms. The molecule has 0 atom stereocenters. The molecule has 1 N–H and O–H groups in total. The maximum absolute atomic E-state index is 12.6. The second-order valence-electron chi connectivity index (χ2n) is 6.80. The van der Waals surface area contributed by atoms with Crippen molar-refractivity contribution in [2.75, 3.05) is 11.9 Å². The van der Waals surface area contributed by atoms with Gasteiger partial charge in [0, 0.05) is 10.0 Å². The van der Waals surface area contributed by atoms with Gasteiger partial charge in [0.25, 0.3) is 5.91 Å². The Hall–Kier alpha value is -3.25. The summed E-state index contributed by atoms with van der Waals surface area (Å²) in [6, 6.07) is 19.1. The number of carbonyl (C=O) groups is 3. The van der Waals surface area contributed by atoms with Crippen molar-refractivity contribution in [1.29, 1.82) is 0 Å². The van der Waals surface area contributed by atoms with E-state index >= 15 is 0 Å². The van der Waals surface area contributed by atoms with Crippen LogP contribution in [0, 0.1) is 13.8 Å². The largest absolute Gasteiger partial charge is 0.454 e. The molecule has 5 nitrogen and oxygen atoms in total. The van der Waals surface area contributed by atoms with Gasteiger partial charge in [0.2, 0.25) is 5.78 Å². The highest BCUT2D eigenvalue weighted by Gasteiger charge is 2.18. The molecule has 0 aliphatic heterocycles. The van der Waals surface area contributed by atoms with Gasteiger partial charge in [-0.05, 0) is 65.7 Å². The number of hydrogen-bond acceptors (Lipinski definition) is 4. The Morgan fingerprint density at radius 2 is 1.53 bits per heavy atom. The number of para-hydroxylation sites is 1. The number of Topliss-reactive ketones (excluding diaryl/α,β-unsaturated/α-hetero) is 1. The predicted molar refractivity (Wildman–Crippen MR) is 119 cm³/mol. The SMILES string of the molecule is Cc1ccc(C)c(C(=O)COC(=O)c2ccccc2NC(=O)c2ccccc2Br)c1. The molecule has 1 amide bonds. The lowest BCUT2D eigenvalue weighted by Crippen LogP contribution is -2.18. The van der Waals surface area contributed by atoms with E-state index in [2.05, 4.69) is 21.2 Å². The van der Waals surface area contributed by atoms with Crippen molar-refractivity contribution in [2.45, 2.75) is 13.8 Å². The molecule has 6 heteroatoms. The van der Waals surface area contributed by atoms with E-state index in [1.807, 2.05) is 26.0 Å². The summed E-state index contributed by atoms with van der Waals surface area (Å²) in [6.07, 6.45) is 0. The summed E-state index contributed by atoms with van der Waals surface area (Å²) >= 11 is 3.34. The van der Waals surface area contributed by atoms with Gasteiger partial charge in [-0.2, -0.15) is 0 Å². The monoisotopic (exact) mass is 465 g/mol. The fourth-order valence-electron chi connectivity index (χ4n) is 2.93. The third-order valence-electron chi connectivity index (χ3n) is 4.54. The lowest BCUT2D eigenvalue weighted by Gasteiger charge is -2.12. The van der Waals surface area contributed by atoms with Gasteiger partial charge >= 0.3 is 5.97 Å². The summed E-state index contributed by atoms with van der Waals surface area (Å²) in [5, 5.41) is 2.73. The highest BCUT2D eigenvalue weighted by Crippen LogP contribution is 2.21. The molecule has 0 saturated heterocycles. The number of esters is 1. The summed E-state index contributed by atoms with van der Waals surface area (Å²) < 4.78 is 5.88. The zero-order valence-corrected chi connectivity index (χ0v) is 18.2. The van der Waals surface area contributed by atoms with Crippen LogP contribution in [0.2, 0.25) is 0 Å². The zero-order valence-electron chi connectivity index (χ0n) is 16.6. The van der Waals surface area contributed by atoms with Crippen molar-refractivity contribution in [2.24, 2.45) is 0 Å². The lowest BCUT2D eigenvalue weighted by atomic mass is 10.0. The molecule has 0 aromatic heterocycles. The van der Waals surface area contributed by atoms with Crippen molar-refractivity contribution >= 4 is 39.3 Å². The summed E-state index contributed by atoms with van der Waals surface area (Å²) in [5.74, 6) is -1.33. The Balaban J connectivity index is 1.73. The summed E-state index contributed by atoms with van der Waals surface area (Å²) in [6.45, 7) is 3.35. The van der Waals surface area contributed by atoms with E-state index in [1.165, 1.54) is 0 Å². The standard InChI is InChI=1S/C24H20BrNO4/c1-15-11-12-16(2)19(13-15)22(27)14-30-24(29)18-8-4-6-10-21(18)26-23(28)17-7-3-5-9-20(17)25/h3-13H,14H2,1-2H3,(H,26,28). The Kier molecular flexibility index (Phi) is 6.79. The van der Waals surface area contributed by atoms with E-state index in [4.69, 9.17) is 4.74 Å². The molecule has 3 rings (SSSR count). The van der Waals surface area contributed by atoms with Crippen LogP contribution in [0.25, 0.3) is 0 Å². The van der Waals surface area contributed by atoms with Crippen LogP contribution in [0.1, 0.15) is 42.2 Å². The minimum absolute atomic E-state index is 0.173. The molecular formula is C24H20BrNO4. The van der Waals surface area contributed by atoms with Gasteiger partial charge in [0.05, 0.1) is 16.8 Å². The Labute approximate surface area is 183 Å². The van der Waals surface area contributed by atoms with E-state index in [-0.39, 0.29) is 23.9 Å². The summed E-state index contributed by atoms with van der Waals surface area (Å²) in [7, 11) is 0. The molecular weight excluding hydrogens is 446 g/mol. The van der Waals surface area contributed by atoms with Crippen molar-refractivity contribution in [3.63, 3.8) is 0 Å². The molecule has 0 heterocycles. The number of benzene rings is 3. The number of aryl methyl sites for hydroxylation is 2. The summed E-state index contributed by atoms with van der Waals surface area (Å²) in [5.41, 5.74) is 3.22. The quantitative estimate of drug-likeness (QED) is 0.392. The second-order valence-corrected chi connectivity index (χ2v) is 7.65. The van der Waals surface area contributed by atoms with E-state index in [1.54, 1.807) is 54.6 Å². The molecule has 0 radical (unpaired) electrons. The van der Waals surface area contributed by atoms with E-state index in [0.717, 1.165) is 11.1 Å². The smallest absolute Gasteiger partial charge is 0.340 e. The molecule has 0 aliphatic carbocycles. The third kappa shape index (κ3) is 5.02. The average Bonchev–Trinajstić information content (AvgIpc) is 2.74. The molecule has 0 bridgehead atoms. The van der Waals surface area contributed by atoms with Crippen LogP contribution in [0.5, 0.6) is 0 Å². The first kappa shape index (κ1) is 21.5.